The zero-order chi connectivity index (χ0) is 24.2. The van der Waals surface area contributed by atoms with E-state index in [1.165, 1.54) is 4.57 Å². The van der Waals surface area contributed by atoms with Crippen LogP contribution in [-0.4, -0.2) is 24.6 Å². The van der Waals surface area contributed by atoms with E-state index in [1.54, 1.807) is 29.1 Å². The van der Waals surface area contributed by atoms with Gasteiger partial charge in [0.25, 0.3) is 5.56 Å². The maximum absolute atomic E-state index is 13.4. The molecule has 4 rings (SSSR count). The van der Waals surface area contributed by atoms with Crippen molar-refractivity contribution in [3.05, 3.63) is 97.9 Å². The Labute approximate surface area is 201 Å². The van der Waals surface area contributed by atoms with Crippen LogP contribution in [0.2, 0.25) is 5.02 Å². The van der Waals surface area contributed by atoms with E-state index in [9.17, 15) is 14.4 Å². The number of halogens is 1. The van der Waals surface area contributed by atoms with Gasteiger partial charge >= 0.3 is 5.69 Å². The molecule has 0 fully saturated rings. The van der Waals surface area contributed by atoms with Crippen LogP contribution in [-0.2, 0) is 31.0 Å². The number of benzene rings is 2. The first-order valence-electron chi connectivity index (χ1n) is 11.1. The minimum Gasteiger partial charge on any atom is -0.350 e. The normalized spacial score (nSPS) is 11.3. The molecule has 176 valence electrons. The summed E-state index contributed by atoms with van der Waals surface area (Å²) in [6.45, 7) is 4.71. The summed E-state index contributed by atoms with van der Waals surface area (Å²) in [7, 11) is 0. The Kier molecular flexibility index (Phi) is 6.98. The fraction of sp³-hybridized carbons (Fsp3) is 0.280. The van der Waals surface area contributed by atoms with Crippen molar-refractivity contribution in [2.45, 2.75) is 40.0 Å². The number of rotatable bonds is 8. The lowest BCUT2D eigenvalue weighted by Crippen LogP contribution is -2.44. The van der Waals surface area contributed by atoms with Gasteiger partial charge in [-0.05, 0) is 29.2 Å². The Bertz CT molecular complexity index is 1440. The van der Waals surface area contributed by atoms with E-state index in [2.05, 4.69) is 10.3 Å². The van der Waals surface area contributed by atoms with Crippen LogP contribution in [0.25, 0.3) is 11.2 Å². The first-order chi connectivity index (χ1) is 16.3. The monoisotopic (exact) mass is 479 g/mol. The van der Waals surface area contributed by atoms with Crippen LogP contribution < -0.4 is 16.6 Å². The number of imidazole rings is 1. The Hall–Kier alpha value is -3.65. The van der Waals surface area contributed by atoms with E-state index in [-0.39, 0.29) is 19.0 Å². The van der Waals surface area contributed by atoms with Crippen LogP contribution >= 0.6 is 11.6 Å². The SMILES string of the molecule is CC(C)Cn1cnc2c1c(=O)n(CC(=O)NCc1cccc(Cl)c1)c(=O)n2Cc1ccccc1. The predicted octanol–water partition coefficient (Wildman–Crippen LogP) is 3.03. The third-order valence-corrected chi connectivity index (χ3v) is 5.64. The summed E-state index contributed by atoms with van der Waals surface area (Å²) in [5, 5.41) is 3.32. The van der Waals surface area contributed by atoms with Crippen LogP contribution in [0.15, 0.2) is 70.5 Å². The largest absolute Gasteiger partial charge is 0.350 e. The third-order valence-electron chi connectivity index (χ3n) is 5.41. The number of carbonyl (C=O) groups excluding carboxylic acids is 1. The minimum absolute atomic E-state index is 0.235. The number of nitrogens with zero attached hydrogens (tertiary/aromatic N) is 4. The number of nitrogens with one attached hydrogen (secondary N) is 1. The summed E-state index contributed by atoms with van der Waals surface area (Å²) in [4.78, 5) is 43.8. The predicted molar refractivity (Wildman–Crippen MR) is 132 cm³/mol. The summed E-state index contributed by atoms with van der Waals surface area (Å²) >= 11 is 6.00. The zero-order valence-electron chi connectivity index (χ0n) is 19.1. The van der Waals surface area contributed by atoms with E-state index in [4.69, 9.17) is 11.6 Å². The number of carbonyl (C=O) groups is 1. The topological polar surface area (TPSA) is 90.9 Å². The Morgan fingerprint density at radius 1 is 1.03 bits per heavy atom. The average Bonchev–Trinajstić information content (AvgIpc) is 3.22. The average molecular weight is 480 g/mol. The molecule has 0 saturated carbocycles. The molecule has 9 heteroatoms. The molecule has 2 heterocycles. The lowest BCUT2D eigenvalue weighted by Gasteiger charge is -2.13. The molecule has 1 amide bonds. The number of amides is 1. The van der Waals surface area contributed by atoms with Crippen molar-refractivity contribution in [3.8, 4) is 0 Å². The first-order valence-corrected chi connectivity index (χ1v) is 11.4. The summed E-state index contributed by atoms with van der Waals surface area (Å²) in [5.74, 6) is -0.180. The lowest BCUT2D eigenvalue weighted by atomic mass is 10.2. The molecule has 0 atom stereocenters. The zero-order valence-corrected chi connectivity index (χ0v) is 19.8. The van der Waals surface area contributed by atoms with Gasteiger partial charge in [-0.25, -0.2) is 14.3 Å². The number of aromatic nitrogens is 4. The van der Waals surface area contributed by atoms with Crippen molar-refractivity contribution < 1.29 is 4.79 Å². The van der Waals surface area contributed by atoms with Crippen LogP contribution in [0.5, 0.6) is 0 Å². The maximum atomic E-state index is 13.4. The molecule has 0 aliphatic carbocycles. The molecule has 0 radical (unpaired) electrons. The lowest BCUT2D eigenvalue weighted by molar-refractivity contribution is -0.121. The summed E-state index contributed by atoms with van der Waals surface area (Å²) in [5.41, 5.74) is 1.23. The molecule has 0 saturated heterocycles. The van der Waals surface area contributed by atoms with Gasteiger partial charge in [-0.1, -0.05) is 67.9 Å². The second-order valence-electron chi connectivity index (χ2n) is 8.62. The van der Waals surface area contributed by atoms with Crippen molar-refractivity contribution in [2.75, 3.05) is 0 Å². The third kappa shape index (κ3) is 5.12. The van der Waals surface area contributed by atoms with Crippen LogP contribution in [0.4, 0.5) is 0 Å². The minimum atomic E-state index is -0.575. The van der Waals surface area contributed by atoms with Gasteiger partial charge in [0.15, 0.2) is 11.2 Å². The second kappa shape index (κ2) is 10.1. The highest BCUT2D eigenvalue weighted by Crippen LogP contribution is 2.12. The molecule has 0 unspecified atom stereocenters. The van der Waals surface area contributed by atoms with Crippen molar-refractivity contribution >= 4 is 28.7 Å². The molecule has 8 nitrogen and oxygen atoms in total. The smallest absolute Gasteiger partial charge is 0.333 e. The maximum Gasteiger partial charge on any atom is 0.333 e. The summed E-state index contributed by atoms with van der Waals surface area (Å²) in [6, 6.07) is 16.6. The van der Waals surface area contributed by atoms with Crippen molar-refractivity contribution in [1.82, 2.24) is 24.0 Å². The molecule has 0 aliphatic rings. The highest BCUT2D eigenvalue weighted by atomic mass is 35.5. The van der Waals surface area contributed by atoms with Gasteiger partial charge in [0.2, 0.25) is 5.91 Å². The van der Waals surface area contributed by atoms with E-state index in [1.807, 2.05) is 50.2 Å². The molecular weight excluding hydrogens is 454 g/mol. The van der Waals surface area contributed by atoms with Gasteiger partial charge in [0.05, 0.1) is 12.9 Å². The van der Waals surface area contributed by atoms with Gasteiger partial charge in [0, 0.05) is 18.1 Å². The molecule has 0 aliphatic heterocycles. The summed E-state index contributed by atoms with van der Waals surface area (Å²) < 4.78 is 4.19. The van der Waals surface area contributed by atoms with Crippen LogP contribution in [0, 0.1) is 5.92 Å². The van der Waals surface area contributed by atoms with Gasteiger partial charge < -0.3 is 9.88 Å². The Morgan fingerprint density at radius 3 is 2.47 bits per heavy atom. The fourth-order valence-corrected chi connectivity index (χ4v) is 4.08. The quantitative estimate of drug-likeness (QED) is 0.420. The first kappa shape index (κ1) is 23.5. The molecular formula is C25H26ClN5O3. The van der Waals surface area contributed by atoms with E-state index in [0.717, 1.165) is 15.7 Å². The molecule has 34 heavy (non-hydrogen) atoms. The van der Waals surface area contributed by atoms with Gasteiger partial charge in [-0.3, -0.25) is 14.2 Å². The summed E-state index contributed by atoms with van der Waals surface area (Å²) in [6.07, 6.45) is 1.58. The van der Waals surface area contributed by atoms with E-state index < -0.39 is 23.7 Å². The number of hydrogen-bond donors (Lipinski definition) is 1. The standard InChI is InChI=1S/C25H26ClN5O3/c1-17(2)13-29-16-28-23-22(29)24(33)31(25(34)30(23)14-18-7-4-3-5-8-18)15-21(32)27-12-19-9-6-10-20(26)11-19/h3-11,16-17H,12-15H2,1-2H3,(H,27,32). The van der Waals surface area contributed by atoms with Crippen molar-refractivity contribution in [1.29, 1.82) is 0 Å². The van der Waals surface area contributed by atoms with Gasteiger partial charge in [-0.2, -0.15) is 0 Å². The van der Waals surface area contributed by atoms with E-state index in [0.29, 0.717) is 22.7 Å². The molecule has 0 spiro atoms. The van der Waals surface area contributed by atoms with Crippen molar-refractivity contribution in [3.63, 3.8) is 0 Å². The van der Waals surface area contributed by atoms with E-state index >= 15 is 0 Å². The molecule has 2 aromatic carbocycles. The fourth-order valence-electron chi connectivity index (χ4n) is 3.87. The number of fused-ring (bicyclic) bond motifs is 1. The van der Waals surface area contributed by atoms with Gasteiger partial charge in [0.1, 0.15) is 6.54 Å². The Morgan fingerprint density at radius 2 is 1.76 bits per heavy atom. The highest BCUT2D eigenvalue weighted by Gasteiger charge is 2.20. The second-order valence-corrected chi connectivity index (χ2v) is 9.05. The van der Waals surface area contributed by atoms with Crippen molar-refractivity contribution in [2.24, 2.45) is 5.92 Å². The van der Waals surface area contributed by atoms with Crippen LogP contribution in [0.1, 0.15) is 25.0 Å². The number of hydrogen-bond acceptors (Lipinski definition) is 4. The molecule has 4 aromatic rings. The molecule has 2 aromatic heterocycles. The highest BCUT2D eigenvalue weighted by molar-refractivity contribution is 6.30. The Balaban J connectivity index is 1.72. The molecule has 1 N–H and O–H groups in total. The molecule has 0 bridgehead atoms. The van der Waals surface area contributed by atoms with Crippen LogP contribution in [0.3, 0.4) is 0 Å². The van der Waals surface area contributed by atoms with Gasteiger partial charge in [-0.15, -0.1) is 0 Å².